The molecule has 0 bridgehead atoms. The molecule has 2 rings (SSSR count). The van der Waals surface area contributed by atoms with Crippen molar-refractivity contribution in [1.29, 1.82) is 0 Å². The summed E-state index contributed by atoms with van der Waals surface area (Å²) in [6, 6.07) is 7.24. The van der Waals surface area contributed by atoms with E-state index < -0.39 is 33.0 Å². The van der Waals surface area contributed by atoms with Gasteiger partial charge in [-0.2, -0.15) is 13.2 Å². The quantitative estimate of drug-likeness (QED) is 0.805. The van der Waals surface area contributed by atoms with Crippen molar-refractivity contribution in [2.75, 3.05) is 0 Å². The van der Waals surface area contributed by atoms with Crippen LogP contribution < -0.4 is 0 Å². The van der Waals surface area contributed by atoms with Gasteiger partial charge in [-0.15, -0.1) is 0 Å². The number of carbonyl (C=O) groups excluding carboxylic acids is 1. The number of Topliss-reactive ketones (excluding diaryl/α,β-unsaturated/α-hetero) is 1. The zero-order valence-corrected chi connectivity index (χ0v) is 11.7. The van der Waals surface area contributed by atoms with Crippen LogP contribution in [0.5, 0.6) is 0 Å². The van der Waals surface area contributed by atoms with Crippen molar-refractivity contribution in [3.63, 3.8) is 0 Å². The highest BCUT2D eigenvalue weighted by Gasteiger charge is 2.49. The van der Waals surface area contributed by atoms with Gasteiger partial charge >= 0.3 is 6.18 Å². The van der Waals surface area contributed by atoms with Gasteiger partial charge in [-0.1, -0.05) is 30.4 Å². The summed E-state index contributed by atoms with van der Waals surface area (Å²) in [6.45, 7) is 0. The van der Waals surface area contributed by atoms with Crippen LogP contribution in [0, 0.1) is 5.92 Å². The van der Waals surface area contributed by atoms with Gasteiger partial charge in [0.1, 0.15) is 0 Å². The summed E-state index contributed by atoms with van der Waals surface area (Å²) in [6.07, 6.45) is -2.41. The summed E-state index contributed by atoms with van der Waals surface area (Å²) in [5.74, 6) is -3.56. The fraction of sp³-hybridized carbons (Fsp3) is 0.357. The van der Waals surface area contributed by atoms with Crippen LogP contribution in [-0.2, 0) is 14.6 Å². The van der Waals surface area contributed by atoms with Gasteiger partial charge in [0, 0.05) is 5.92 Å². The molecule has 0 unspecified atom stereocenters. The van der Waals surface area contributed by atoms with Crippen LogP contribution in [0.1, 0.15) is 12.8 Å². The first-order valence-corrected chi connectivity index (χ1v) is 7.84. The lowest BCUT2D eigenvalue weighted by Gasteiger charge is -2.27. The fourth-order valence-electron chi connectivity index (χ4n) is 2.40. The zero-order valence-electron chi connectivity index (χ0n) is 10.9. The minimum atomic E-state index is -5.03. The first-order chi connectivity index (χ1) is 9.74. The molecule has 1 aliphatic carbocycles. The number of halogens is 3. The second kappa shape index (κ2) is 5.63. The van der Waals surface area contributed by atoms with Crippen molar-refractivity contribution < 1.29 is 26.4 Å². The molecule has 3 nitrogen and oxygen atoms in total. The van der Waals surface area contributed by atoms with Gasteiger partial charge in [0.15, 0.2) is 9.84 Å². The maximum absolute atomic E-state index is 12.6. The average Bonchev–Trinajstić information content (AvgIpc) is 2.46. The van der Waals surface area contributed by atoms with Crippen molar-refractivity contribution >= 4 is 15.6 Å². The van der Waals surface area contributed by atoms with Crippen LogP contribution in [0.4, 0.5) is 13.2 Å². The van der Waals surface area contributed by atoms with Crippen molar-refractivity contribution in [2.24, 2.45) is 5.92 Å². The molecule has 21 heavy (non-hydrogen) atoms. The molecule has 1 aromatic carbocycles. The average molecular weight is 318 g/mol. The molecule has 1 aromatic rings. The molecule has 0 N–H and O–H groups in total. The number of rotatable bonds is 3. The first kappa shape index (κ1) is 15.8. The number of alkyl halides is 3. The highest BCUT2D eigenvalue weighted by molar-refractivity contribution is 7.92. The molecule has 2 atom stereocenters. The Morgan fingerprint density at radius 1 is 1.05 bits per heavy atom. The van der Waals surface area contributed by atoms with Gasteiger partial charge in [0.25, 0.3) is 0 Å². The van der Waals surface area contributed by atoms with E-state index in [0.717, 1.165) is 0 Å². The summed E-state index contributed by atoms with van der Waals surface area (Å²) in [5.41, 5.74) is 0. The standard InChI is InChI=1S/C14H13F3O3S/c15-14(16,17)13(18)11-8-4-5-9-12(11)21(19,20)10-6-2-1-3-7-10/h1-7,11-12H,8-9H2/t11-,12-/m1/s1. The third-order valence-electron chi connectivity index (χ3n) is 3.46. The van der Waals surface area contributed by atoms with Crippen LogP contribution in [0.3, 0.4) is 0 Å². The molecule has 7 heteroatoms. The smallest absolute Gasteiger partial charge is 0.289 e. The molecule has 0 amide bonds. The van der Waals surface area contributed by atoms with E-state index in [2.05, 4.69) is 0 Å². The highest BCUT2D eigenvalue weighted by atomic mass is 32.2. The van der Waals surface area contributed by atoms with Crippen molar-refractivity contribution in [3.8, 4) is 0 Å². The predicted octanol–water partition coefficient (Wildman–Crippen LogP) is 2.93. The van der Waals surface area contributed by atoms with Crippen LogP contribution >= 0.6 is 0 Å². The van der Waals surface area contributed by atoms with Crippen molar-refractivity contribution in [1.82, 2.24) is 0 Å². The van der Waals surface area contributed by atoms with Gasteiger partial charge < -0.3 is 0 Å². The first-order valence-electron chi connectivity index (χ1n) is 6.29. The lowest BCUT2D eigenvalue weighted by atomic mass is 9.89. The van der Waals surface area contributed by atoms with Crippen LogP contribution in [0.25, 0.3) is 0 Å². The largest absolute Gasteiger partial charge is 0.450 e. The number of allylic oxidation sites excluding steroid dienone is 2. The third-order valence-corrected chi connectivity index (χ3v) is 5.71. The second-order valence-electron chi connectivity index (χ2n) is 4.81. The zero-order chi connectivity index (χ0) is 15.7. The third kappa shape index (κ3) is 3.18. The minimum absolute atomic E-state index is 0.0646. The SMILES string of the molecule is O=C([C@@H]1CC=CC[C@H]1S(=O)(=O)c1ccccc1)C(F)(F)F. The summed E-state index contributed by atoms with van der Waals surface area (Å²) in [7, 11) is -3.99. The van der Waals surface area contributed by atoms with Gasteiger partial charge in [-0.25, -0.2) is 8.42 Å². The normalized spacial score (nSPS) is 23.0. The topological polar surface area (TPSA) is 51.2 Å². The van der Waals surface area contributed by atoms with Gasteiger partial charge in [0.05, 0.1) is 10.1 Å². The van der Waals surface area contributed by atoms with Crippen molar-refractivity contribution in [2.45, 2.75) is 29.2 Å². The molecule has 0 radical (unpaired) electrons. The Morgan fingerprint density at radius 2 is 1.62 bits per heavy atom. The van der Waals surface area contributed by atoms with E-state index >= 15 is 0 Å². The van der Waals surface area contributed by atoms with Crippen LogP contribution in [0.2, 0.25) is 0 Å². The maximum Gasteiger partial charge on any atom is 0.450 e. The number of carbonyl (C=O) groups is 1. The number of hydrogen-bond donors (Lipinski definition) is 0. The Balaban J connectivity index is 2.41. The summed E-state index contributed by atoms with van der Waals surface area (Å²) >= 11 is 0. The molecular weight excluding hydrogens is 305 g/mol. The molecule has 0 spiro atoms. The molecule has 0 aliphatic heterocycles. The van der Waals surface area contributed by atoms with E-state index in [0.29, 0.717) is 0 Å². The number of sulfone groups is 1. The Hall–Kier alpha value is -1.63. The van der Waals surface area contributed by atoms with Gasteiger partial charge in [-0.3, -0.25) is 4.79 Å². The summed E-state index contributed by atoms with van der Waals surface area (Å²) in [4.78, 5) is 11.4. The molecular formula is C14H13F3O3S. The Kier molecular flexibility index (Phi) is 4.22. The Morgan fingerprint density at radius 3 is 2.19 bits per heavy atom. The molecule has 0 aromatic heterocycles. The predicted molar refractivity (Wildman–Crippen MR) is 70.3 cm³/mol. The monoisotopic (exact) mass is 318 g/mol. The number of hydrogen-bond acceptors (Lipinski definition) is 3. The number of ketones is 1. The van der Waals surface area contributed by atoms with E-state index in [-0.39, 0.29) is 17.7 Å². The van der Waals surface area contributed by atoms with Gasteiger partial charge in [0.2, 0.25) is 5.78 Å². The van der Waals surface area contributed by atoms with Gasteiger partial charge in [-0.05, 0) is 25.0 Å². The summed E-state index contributed by atoms with van der Waals surface area (Å²) in [5, 5.41) is -1.38. The lowest BCUT2D eigenvalue weighted by molar-refractivity contribution is -0.175. The van der Waals surface area contributed by atoms with E-state index in [4.69, 9.17) is 0 Å². The Bertz CT molecular complexity index is 648. The highest BCUT2D eigenvalue weighted by Crippen LogP contribution is 2.34. The minimum Gasteiger partial charge on any atom is -0.289 e. The lowest BCUT2D eigenvalue weighted by Crippen LogP contribution is -2.42. The van der Waals surface area contributed by atoms with E-state index in [1.165, 1.54) is 36.4 Å². The van der Waals surface area contributed by atoms with E-state index in [9.17, 15) is 26.4 Å². The van der Waals surface area contributed by atoms with Crippen LogP contribution in [0.15, 0.2) is 47.4 Å². The molecule has 0 saturated heterocycles. The Labute approximate surface area is 120 Å². The fourth-order valence-corrected chi connectivity index (χ4v) is 4.32. The maximum atomic E-state index is 12.6. The molecule has 114 valence electrons. The molecule has 0 fully saturated rings. The summed E-state index contributed by atoms with van der Waals surface area (Å²) < 4.78 is 62.8. The second-order valence-corrected chi connectivity index (χ2v) is 6.97. The van der Waals surface area contributed by atoms with E-state index in [1.807, 2.05) is 0 Å². The van der Waals surface area contributed by atoms with Crippen LogP contribution in [-0.4, -0.2) is 25.6 Å². The van der Waals surface area contributed by atoms with E-state index in [1.54, 1.807) is 6.07 Å². The molecule has 1 aliphatic rings. The van der Waals surface area contributed by atoms with Crippen molar-refractivity contribution in [3.05, 3.63) is 42.5 Å². The number of benzene rings is 1. The molecule has 0 heterocycles. The molecule has 0 saturated carbocycles.